The quantitative estimate of drug-likeness (QED) is 0.500. The van der Waals surface area contributed by atoms with E-state index >= 15 is 0 Å². The average molecular weight is 403 g/mol. The molecule has 0 radical (unpaired) electrons. The number of nitrogens with zero attached hydrogens (tertiary/aromatic N) is 1. The van der Waals surface area contributed by atoms with Crippen LogP contribution in [0.25, 0.3) is 27.6 Å². The summed E-state index contributed by atoms with van der Waals surface area (Å²) < 4.78 is 25.7. The summed E-state index contributed by atoms with van der Waals surface area (Å²) in [6, 6.07) is 14.9. The lowest BCUT2D eigenvalue weighted by Gasteiger charge is -2.37. The first kappa shape index (κ1) is 19.4. The van der Waals surface area contributed by atoms with E-state index in [1.165, 1.54) is 12.1 Å². The second kappa shape index (κ2) is 7.29. The zero-order chi connectivity index (χ0) is 20.9. The van der Waals surface area contributed by atoms with Crippen molar-refractivity contribution < 1.29 is 13.9 Å². The van der Waals surface area contributed by atoms with E-state index in [4.69, 9.17) is 14.5 Å². The van der Waals surface area contributed by atoms with Crippen molar-refractivity contribution in [3.05, 3.63) is 72.2 Å². The Morgan fingerprint density at radius 3 is 2.50 bits per heavy atom. The molecule has 1 saturated carbocycles. The lowest BCUT2D eigenvalue weighted by molar-refractivity contribution is -0.260. The zero-order valence-corrected chi connectivity index (χ0v) is 17.5. The minimum absolute atomic E-state index is 0.145. The van der Waals surface area contributed by atoms with Crippen molar-refractivity contribution in [2.45, 2.75) is 50.9 Å². The maximum absolute atomic E-state index is 13.7. The van der Waals surface area contributed by atoms with Crippen LogP contribution in [0.2, 0.25) is 0 Å². The van der Waals surface area contributed by atoms with E-state index in [9.17, 15) is 4.39 Å². The van der Waals surface area contributed by atoms with Gasteiger partial charge >= 0.3 is 0 Å². The lowest BCUT2D eigenvalue weighted by Crippen LogP contribution is -2.40. The van der Waals surface area contributed by atoms with Crippen LogP contribution in [0.1, 0.15) is 50.3 Å². The van der Waals surface area contributed by atoms with Crippen LogP contribution in [0.5, 0.6) is 0 Å². The summed E-state index contributed by atoms with van der Waals surface area (Å²) >= 11 is 0. The molecule has 5 rings (SSSR count). The van der Waals surface area contributed by atoms with E-state index < -0.39 is 5.79 Å². The third-order valence-electron chi connectivity index (χ3n) is 5.98. The number of rotatable bonds is 4. The van der Waals surface area contributed by atoms with Gasteiger partial charge in [0.2, 0.25) is 0 Å². The summed E-state index contributed by atoms with van der Waals surface area (Å²) in [4.78, 5) is 5.07. The van der Waals surface area contributed by atoms with Crippen molar-refractivity contribution in [2.75, 3.05) is 6.61 Å². The minimum Gasteiger partial charge on any atom is -0.350 e. The molecule has 30 heavy (non-hydrogen) atoms. The van der Waals surface area contributed by atoms with Crippen molar-refractivity contribution in [3.63, 3.8) is 0 Å². The molecule has 0 spiro atoms. The Balaban J connectivity index is 1.75. The van der Waals surface area contributed by atoms with E-state index in [0.717, 1.165) is 58.1 Å². The normalized spacial score (nSPS) is 21.0. The minimum atomic E-state index is -0.647. The van der Waals surface area contributed by atoms with Crippen LogP contribution < -0.4 is 0 Å². The zero-order valence-electron chi connectivity index (χ0n) is 17.5. The SMILES string of the molecule is C=C(c1c(C2CC2)nc2ccccc2c1-c1ccc(F)cc1)C1CCOC(C)(C)O1. The molecule has 4 heteroatoms. The molecular weight excluding hydrogens is 377 g/mol. The predicted molar refractivity (Wildman–Crippen MR) is 118 cm³/mol. The van der Waals surface area contributed by atoms with Crippen molar-refractivity contribution in [1.82, 2.24) is 4.98 Å². The number of para-hydroxylation sites is 1. The Labute approximate surface area is 176 Å². The second-order valence-corrected chi connectivity index (χ2v) is 8.71. The van der Waals surface area contributed by atoms with Crippen LogP contribution in [-0.4, -0.2) is 23.5 Å². The van der Waals surface area contributed by atoms with Crippen LogP contribution in [-0.2, 0) is 9.47 Å². The molecule has 3 nitrogen and oxygen atoms in total. The van der Waals surface area contributed by atoms with Gasteiger partial charge in [0.25, 0.3) is 0 Å². The Hall–Kier alpha value is -2.56. The highest BCUT2D eigenvalue weighted by Gasteiger charge is 2.36. The number of hydrogen-bond acceptors (Lipinski definition) is 3. The molecule has 0 amide bonds. The third-order valence-corrected chi connectivity index (χ3v) is 5.98. The Bertz CT molecular complexity index is 1120. The van der Waals surface area contributed by atoms with Crippen LogP contribution >= 0.6 is 0 Å². The van der Waals surface area contributed by atoms with Crippen molar-refractivity contribution in [2.24, 2.45) is 0 Å². The topological polar surface area (TPSA) is 31.4 Å². The largest absolute Gasteiger partial charge is 0.350 e. The van der Waals surface area contributed by atoms with Gasteiger partial charge in [-0.25, -0.2) is 4.39 Å². The molecule has 0 N–H and O–H groups in total. The van der Waals surface area contributed by atoms with Gasteiger partial charge < -0.3 is 9.47 Å². The molecule has 1 saturated heterocycles. The number of hydrogen-bond donors (Lipinski definition) is 0. The van der Waals surface area contributed by atoms with Gasteiger partial charge in [0.1, 0.15) is 5.82 Å². The van der Waals surface area contributed by atoms with Crippen LogP contribution in [0.15, 0.2) is 55.1 Å². The van der Waals surface area contributed by atoms with Gasteiger partial charge in [0.05, 0.1) is 23.9 Å². The van der Waals surface area contributed by atoms with Gasteiger partial charge in [-0.05, 0) is 56.0 Å². The smallest absolute Gasteiger partial charge is 0.163 e. The fourth-order valence-corrected chi connectivity index (χ4v) is 4.38. The number of aromatic nitrogens is 1. The van der Waals surface area contributed by atoms with Gasteiger partial charge in [0, 0.05) is 28.9 Å². The van der Waals surface area contributed by atoms with Crippen molar-refractivity contribution in [3.8, 4) is 11.1 Å². The second-order valence-electron chi connectivity index (χ2n) is 8.71. The van der Waals surface area contributed by atoms with Gasteiger partial charge in [-0.1, -0.05) is 36.9 Å². The highest BCUT2D eigenvalue weighted by molar-refractivity contribution is 6.01. The summed E-state index contributed by atoms with van der Waals surface area (Å²) in [7, 11) is 0. The van der Waals surface area contributed by atoms with Gasteiger partial charge in [-0.15, -0.1) is 0 Å². The van der Waals surface area contributed by atoms with Gasteiger partial charge in [0.15, 0.2) is 5.79 Å². The molecule has 2 fully saturated rings. The molecule has 1 aromatic heterocycles. The van der Waals surface area contributed by atoms with Crippen LogP contribution in [0.3, 0.4) is 0 Å². The van der Waals surface area contributed by atoms with Crippen LogP contribution in [0, 0.1) is 5.82 Å². The Morgan fingerprint density at radius 1 is 1.07 bits per heavy atom. The predicted octanol–water partition coefficient (Wildman–Crippen LogP) is 6.47. The summed E-state index contributed by atoms with van der Waals surface area (Å²) in [5.41, 5.74) is 6.09. The number of ether oxygens (including phenoxy) is 2. The van der Waals surface area contributed by atoms with E-state index in [1.54, 1.807) is 0 Å². The molecule has 1 aliphatic heterocycles. The first-order chi connectivity index (χ1) is 14.4. The van der Waals surface area contributed by atoms with Crippen LogP contribution in [0.4, 0.5) is 4.39 Å². The van der Waals surface area contributed by atoms with E-state index in [0.29, 0.717) is 12.5 Å². The maximum atomic E-state index is 13.7. The third kappa shape index (κ3) is 3.55. The lowest BCUT2D eigenvalue weighted by atomic mass is 9.86. The van der Waals surface area contributed by atoms with Gasteiger partial charge in [-0.3, -0.25) is 4.98 Å². The fraction of sp³-hybridized carbons (Fsp3) is 0.346. The first-order valence-electron chi connectivity index (χ1n) is 10.6. The molecule has 2 aromatic carbocycles. The number of halogens is 1. The average Bonchev–Trinajstić information content (AvgIpc) is 3.57. The van der Waals surface area contributed by atoms with Crippen molar-refractivity contribution >= 4 is 16.5 Å². The van der Waals surface area contributed by atoms with E-state index in [1.807, 2.05) is 38.1 Å². The first-order valence-corrected chi connectivity index (χ1v) is 10.6. The number of pyridine rings is 1. The molecule has 1 unspecified atom stereocenters. The summed E-state index contributed by atoms with van der Waals surface area (Å²) in [6.07, 6.45) is 2.87. The summed E-state index contributed by atoms with van der Waals surface area (Å²) in [5, 5.41) is 1.05. The molecule has 1 aliphatic carbocycles. The molecule has 154 valence electrons. The fourth-order valence-electron chi connectivity index (χ4n) is 4.38. The molecule has 1 atom stereocenters. The monoisotopic (exact) mass is 403 g/mol. The number of fused-ring (bicyclic) bond motifs is 1. The van der Waals surface area contributed by atoms with Gasteiger partial charge in [-0.2, -0.15) is 0 Å². The highest BCUT2D eigenvalue weighted by atomic mass is 19.1. The summed E-state index contributed by atoms with van der Waals surface area (Å²) in [5.74, 6) is -0.450. The molecule has 3 aromatic rings. The molecule has 2 aliphatic rings. The standard InChI is InChI=1S/C26H26FNO2/c1-16(22-14-15-29-26(2,3)30-22)23-24(17-10-12-19(27)13-11-17)20-6-4-5-7-21(20)28-25(23)18-8-9-18/h4-7,10-13,18,22H,1,8-9,14-15H2,2-3H3. The highest BCUT2D eigenvalue weighted by Crippen LogP contribution is 2.48. The van der Waals surface area contributed by atoms with E-state index in [-0.39, 0.29) is 11.9 Å². The maximum Gasteiger partial charge on any atom is 0.163 e. The van der Waals surface area contributed by atoms with E-state index in [2.05, 4.69) is 18.7 Å². The molecule has 2 heterocycles. The van der Waals surface area contributed by atoms with Crippen molar-refractivity contribution in [1.29, 1.82) is 0 Å². The summed E-state index contributed by atoms with van der Waals surface area (Å²) in [6.45, 7) is 9.00. The molecular formula is C26H26FNO2. The molecule has 0 bridgehead atoms. The Kier molecular flexibility index (Phi) is 4.72. The number of benzene rings is 2. The Morgan fingerprint density at radius 2 is 1.80 bits per heavy atom.